The van der Waals surface area contributed by atoms with Gasteiger partial charge in [-0.05, 0) is 24.3 Å². The fourth-order valence-electron chi connectivity index (χ4n) is 2.65. The van der Waals surface area contributed by atoms with Gasteiger partial charge in [0.25, 0.3) is 0 Å². The molecule has 0 spiro atoms. The molecule has 0 bridgehead atoms. The number of rotatable bonds is 5. The lowest BCUT2D eigenvalue weighted by atomic mass is 10.0. The van der Waals surface area contributed by atoms with Crippen molar-refractivity contribution in [3.05, 3.63) is 48.0 Å². The Balaban J connectivity index is 1.93. The number of fused-ring (bicyclic) bond motifs is 3. The predicted octanol–water partition coefficient (Wildman–Crippen LogP) is 2.75. The van der Waals surface area contributed by atoms with Crippen molar-refractivity contribution in [2.75, 3.05) is 0 Å². The molecular formula is C18H15NO5. The number of carbonyl (C=O) groups excluding carboxylic acids is 2. The number of hydrogen-bond donors (Lipinski definition) is 2. The lowest BCUT2D eigenvalue weighted by molar-refractivity contribution is -0.141. The van der Waals surface area contributed by atoms with Crippen molar-refractivity contribution in [3.63, 3.8) is 0 Å². The summed E-state index contributed by atoms with van der Waals surface area (Å²) in [5.74, 6) is -2.09. The topological polar surface area (TPSA) is 96.6 Å². The quantitative estimate of drug-likeness (QED) is 0.703. The first-order valence-electron chi connectivity index (χ1n) is 7.40. The molecule has 24 heavy (non-hydrogen) atoms. The molecule has 0 saturated heterocycles. The summed E-state index contributed by atoms with van der Waals surface area (Å²) in [7, 11) is 0. The van der Waals surface area contributed by atoms with E-state index in [9.17, 15) is 14.4 Å². The smallest absolute Gasteiger partial charge is 0.326 e. The fourth-order valence-corrected chi connectivity index (χ4v) is 2.65. The minimum atomic E-state index is -1.24. The fraction of sp³-hybridized carbons (Fsp3) is 0.167. The largest absolute Gasteiger partial charge is 0.480 e. The summed E-state index contributed by atoms with van der Waals surface area (Å²) in [6.07, 6.45) is -0.309. The molecule has 0 unspecified atom stereocenters. The standard InChI is InChI=1S/C18H15NO5/c1-10(20)19-14(18(22)23)9-15(21)11-6-7-17-13(8-11)12-4-2-3-5-16(12)24-17/h2-8,14H,9H2,1H3,(H,19,20)(H,22,23)/t14-/m0/s1. The van der Waals surface area contributed by atoms with Gasteiger partial charge in [0.15, 0.2) is 5.78 Å². The van der Waals surface area contributed by atoms with E-state index < -0.39 is 17.9 Å². The zero-order valence-corrected chi connectivity index (χ0v) is 12.9. The average molecular weight is 325 g/mol. The van der Waals surface area contributed by atoms with E-state index in [4.69, 9.17) is 9.52 Å². The molecule has 0 aliphatic carbocycles. The van der Waals surface area contributed by atoms with E-state index in [0.717, 1.165) is 16.4 Å². The van der Waals surface area contributed by atoms with Crippen molar-refractivity contribution in [2.24, 2.45) is 0 Å². The lowest BCUT2D eigenvalue weighted by Gasteiger charge is -2.12. The third-order valence-corrected chi connectivity index (χ3v) is 3.76. The summed E-state index contributed by atoms with van der Waals surface area (Å²) in [6, 6.07) is 11.2. The highest BCUT2D eigenvalue weighted by Gasteiger charge is 2.23. The van der Waals surface area contributed by atoms with E-state index in [1.807, 2.05) is 24.3 Å². The highest BCUT2D eigenvalue weighted by atomic mass is 16.4. The highest BCUT2D eigenvalue weighted by molar-refractivity contribution is 6.09. The van der Waals surface area contributed by atoms with Crippen molar-refractivity contribution in [1.29, 1.82) is 0 Å². The van der Waals surface area contributed by atoms with Crippen LogP contribution in [0.5, 0.6) is 0 Å². The Morgan fingerprint density at radius 3 is 2.50 bits per heavy atom. The Hall–Kier alpha value is -3.15. The third-order valence-electron chi connectivity index (χ3n) is 3.76. The van der Waals surface area contributed by atoms with E-state index in [1.165, 1.54) is 6.92 Å². The summed E-state index contributed by atoms with van der Waals surface area (Å²) in [5.41, 5.74) is 1.76. The summed E-state index contributed by atoms with van der Waals surface area (Å²) >= 11 is 0. The first-order valence-corrected chi connectivity index (χ1v) is 7.40. The van der Waals surface area contributed by atoms with Gasteiger partial charge in [0.05, 0.1) is 0 Å². The Labute approximate surface area is 137 Å². The molecule has 1 aromatic heterocycles. The van der Waals surface area contributed by atoms with E-state index in [-0.39, 0.29) is 12.2 Å². The Bertz CT molecular complexity index is 956. The summed E-state index contributed by atoms with van der Waals surface area (Å²) in [5, 5.41) is 13.1. The van der Waals surface area contributed by atoms with Crippen LogP contribution in [0, 0.1) is 0 Å². The SMILES string of the molecule is CC(=O)N[C@@H](CC(=O)c1ccc2oc3ccccc3c2c1)C(=O)O. The molecule has 2 N–H and O–H groups in total. The molecule has 2 aromatic carbocycles. The molecule has 6 nitrogen and oxygen atoms in total. The molecule has 0 fully saturated rings. The van der Waals surface area contributed by atoms with Crippen molar-refractivity contribution in [3.8, 4) is 0 Å². The molecule has 6 heteroatoms. The molecule has 3 rings (SSSR count). The van der Waals surface area contributed by atoms with Crippen LogP contribution in [0.15, 0.2) is 46.9 Å². The van der Waals surface area contributed by atoms with Gasteiger partial charge in [-0.25, -0.2) is 4.79 Å². The van der Waals surface area contributed by atoms with Crippen LogP contribution in [0.2, 0.25) is 0 Å². The number of carboxylic acid groups (broad SMARTS) is 1. The van der Waals surface area contributed by atoms with Gasteiger partial charge >= 0.3 is 5.97 Å². The first kappa shape index (κ1) is 15.7. The summed E-state index contributed by atoms with van der Waals surface area (Å²) in [6.45, 7) is 1.21. The maximum Gasteiger partial charge on any atom is 0.326 e. The van der Waals surface area contributed by atoms with Gasteiger partial charge in [0.1, 0.15) is 17.2 Å². The number of nitrogens with one attached hydrogen (secondary N) is 1. The number of benzene rings is 2. The third kappa shape index (κ3) is 2.99. The first-order chi connectivity index (χ1) is 11.5. The van der Waals surface area contributed by atoms with Crippen molar-refractivity contribution in [2.45, 2.75) is 19.4 Å². The molecule has 122 valence electrons. The van der Waals surface area contributed by atoms with Crippen molar-refractivity contribution < 1.29 is 23.9 Å². The van der Waals surface area contributed by atoms with Gasteiger partial charge in [0.2, 0.25) is 5.91 Å². The van der Waals surface area contributed by atoms with Gasteiger partial charge in [-0.15, -0.1) is 0 Å². The number of aliphatic carboxylic acids is 1. The van der Waals surface area contributed by atoms with Crippen LogP contribution in [0.1, 0.15) is 23.7 Å². The molecule has 0 radical (unpaired) electrons. The number of para-hydroxylation sites is 1. The van der Waals surface area contributed by atoms with E-state index in [1.54, 1.807) is 18.2 Å². The Morgan fingerprint density at radius 1 is 1.08 bits per heavy atom. The zero-order valence-electron chi connectivity index (χ0n) is 12.9. The normalized spacial score (nSPS) is 12.2. The van der Waals surface area contributed by atoms with Gasteiger partial charge in [-0.3, -0.25) is 9.59 Å². The minimum absolute atomic E-state index is 0.309. The molecule has 0 saturated carbocycles. The molecule has 3 aromatic rings. The number of Topliss-reactive ketones (excluding diaryl/α,β-unsaturated/α-hetero) is 1. The maximum absolute atomic E-state index is 12.4. The minimum Gasteiger partial charge on any atom is -0.480 e. The predicted molar refractivity (Wildman–Crippen MR) is 87.9 cm³/mol. The molecular weight excluding hydrogens is 310 g/mol. The zero-order chi connectivity index (χ0) is 17.3. The number of carbonyl (C=O) groups is 3. The molecule has 1 amide bonds. The van der Waals surface area contributed by atoms with Crippen LogP contribution in [-0.2, 0) is 9.59 Å². The molecule has 1 atom stereocenters. The van der Waals surface area contributed by atoms with Crippen molar-refractivity contribution in [1.82, 2.24) is 5.32 Å². The molecule has 0 aliphatic heterocycles. The Kier molecular flexibility index (Phi) is 4.04. The number of hydrogen-bond acceptors (Lipinski definition) is 4. The van der Waals surface area contributed by atoms with E-state index >= 15 is 0 Å². The van der Waals surface area contributed by atoms with Crippen LogP contribution in [0.25, 0.3) is 21.9 Å². The molecule has 0 aliphatic rings. The van der Waals surface area contributed by atoms with E-state index in [2.05, 4.69) is 5.32 Å². The molecule has 1 heterocycles. The second kappa shape index (κ2) is 6.16. The lowest BCUT2D eigenvalue weighted by Crippen LogP contribution is -2.41. The second-order valence-corrected chi connectivity index (χ2v) is 5.53. The van der Waals surface area contributed by atoms with Crippen LogP contribution >= 0.6 is 0 Å². The van der Waals surface area contributed by atoms with Gasteiger partial charge in [-0.2, -0.15) is 0 Å². The van der Waals surface area contributed by atoms with Crippen LogP contribution in [0.4, 0.5) is 0 Å². The summed E-state index contributed by atoms with van der Waals surface area (Å²) in [4.78, 5) is 34.6. The van der Waals surface area contributed by atoms with Gasteiger partial charge < -0.3 is 14.8 Å². The Morgan fingerprint density at radius 2 is 1.79 bits per heavy atom. The van der Waals surface area contributed by atoms with Gasteiger partial charge in [-0.1, -0.05) is 18.2 Å². The van der Waals surface area contributed by atoms with E-state index in [0.29, 0.717) is 11.1 Å². The number of carboxylic acids is 1. The maximum atomic E-state index is 12.4. The van der Waals surface area contributed by atoms with Crippen LogP contribution in [-0.4, -0.2) is 28.8 Å². The average Bonchev–Trinajstić information content (AvgIpc) is 2.91. The number of furan rings is 1. The second-order valence-electron chi connectivity index (χ2n) is 5.53. The van der Waals surface area contributed by atoms with Crippen molar-refractivity contribution >= 4 is 39.6 Å². The van der Waals surface area contributed by atoms with Crippen LogP contribution in [0.3, 0.4) is 0 Å². The number of ketones is 1. The monoisotopic (exact) mass is 325 g/mol. The summed E-state index contributed by atoms with van der Waals surface area (Å²) < 4.78 is 5.70. The highest BCUT2D eigenvalue weighted by Crippen LogP contribution is 2.29. The van der Waals surface area contributed by atoms with Crippen LogP contribution < -0.4 is 5.32 Å². The number of amides is 1. The van der Waals surface area contributed by atoms with Gasteiger partial charge in [0, 0.05) is 29.7 Å².